The van der Waals surface area contributed by atoms with E-state index in [0.717, 1.165) is 6.54 Å². The Morgan fingerprint density at radius 1 is 1.36 bits per heavy atom. The van der Waals surface area contributed by atoms with Crippen LogP contribution < -0.4 is 5.32 Å². The molecule has 0 aliphatic heterocycles. The highest BCUT2D eigenvalue weighted by molar-refractivity contribution is 5.67. The smallest absolute Gasteiger partial charge is 0.0137 e. The van der Waals surface area contributed by atoms with Gasteiger partial charge in [-0.3, -0.25) is 0 Å². The lowest BCUT2D eigenvalue weighted by Crippen LogP contribution is -2.04. The minimum absolute atomic E-state index is 0.930. The van der Waals surface area contributed by atoms with Crippen LogP contribution in [0.5, 0.6) is 0 Å². The molecule has 0 spiro atoms. The van der Waals surface area contributed by atoms with Gasteiger partial charge < -0.3 is 5.32 Å². The molecule has 0 fully saturated rings. The van der Waals surface area contributed by atoms with Crippen LogP contribution >= 0.6 is 0 Å². The molecule has 1 nitrogen and oxygen atoms in total. The summed E-state index contributed by atoms with van der Waals surface area (Å²) in [5.41, 5.74) is 5.38. The first-order chi connectivity index (χ1) is 6.65. The zero-order valence-electron chi connectivity index (χ0n) is 9.52. The van der Waals surface area contributed by atoms with Crippen LogP contribution in [-0.4, -0.2) is 13.6 Å². The molecule has 0 unspecified atom stereocenters. The molecule has 0 saturated carbocycles. The van der Waals surface area contributed by atoms with E-state index in [1.807, 2.05) is 7.05 Å². The van der Waals surface area contributed by atoms with Crippen molar-refractivity contribution in [1.82, 2.24) is 5.32 Å². The summed E-state index contributed by atoms with van der Waals surface area (Å²) in [5, 5.41) is 3.13. The van der Waals surface area contributed by atoms with Crippen molar-refractivity contribution in [3.05, 3.63) is 41.0 Å². The van der Waals surface area contributed by atoms with Crippen molar-refractivity contribution >= 4 is 5.57 Å². The highest BCUT2D eigenvalue weighted by Crippen LogP contribution is 2.19. The van der Waals surface area contributed by atoms with Gasteiger partial charge in [0.15, 0.2) is 0 Å². The minimum atomic E-state index is 0.930. The molecule has 14 heavy (non-hydrogen) atoms. The molecule has 0 bridgehead atoms. The first-order valence-electron chi connectivity index (χ1n) is 5.04. The first-order valence-corrected chi connectivity index (χ1v) is 5.04. The van der Waals surface area contributed by atoms with Crippen molar-refractivity contribution in [2.45, 2.75) is 20.8 Å². The zero-order valence-corrected chi connectivity index (χ0v) is 9.52. The molecule has 0 saturated heterocycles. The van der Waals surface area contributed by atoms with E-state index in [0.29, 0.717) is 0 Å². The maximum absolute atomic E-state index is 3.13. The summed E-state index contributed by atoms with van der Waals surface area (Å²) in [7, 11) is 1.97. The van der Waals surface area contributed by atoms with Crippen molar-refractivity contribution in [3.8, 4) is 0 Å². The predicted octanol–water partition coefficient (Wildman–Crippen LogP) is 2.93. The number of rotatable bonds is 3. The Kier molecular flexibility index (Phi) is 3.90. The van der Waals surface area contributed by atoms with E-state index >= 15 is 0 Å². The summed E-state index contributed by atoms with van der Waals surface area (Å²) in [5.74, 6) is 0. The molecule has 0 amide bonds. The lowest BCUT2D eigenvalue weighted by molar-refractivity contribution is 0.920. The van der Waals surface area contributed by atoms with Crippen molar-refractivity contribution in [2.75, 3.05) is 13.6 Å². The number of nitrogens with one attached hydrogen (secondary N) is 1. The largest absolute Gasteiger partial charge is 0.316 e. The molecule has 1 rings (SSSR count). The minimum Gasteiger partial charge on any atom is -0.316 e. The molecule has 0 radical (unpaired) electrons. The van der Waals surface area contributed by atoms with Crippen LogP contribution in [-0.2, 0) is 0 Å². The predicted molar refractivity (Wildman–Crippen MR) is 63.5 cm³/mol. The summed E-state index contributed by atoms with van der Waals surface area (Å²) in [6.07, 6.45) is 2.22. The number of likely N-dealkylation sites (N-methyl/N-ethyl adjacent to an activating group) is 1. The Labute approximate surface area is 86.8 Å². The second-order valence-corrected chi connectivity index (χ2v) is 3.76. The number of aryl methyl sites for hydroxylation is 2. The SMILES string of the molecule is CNC/C=C(/C)c1cc(C)ccc1C. The van der Waals surface area contributed by atoms with E-state index < -0.39 is 0 Å². The monoisotopic (exact) mass is 189 g/mol. The van der Waals surface area contributed by atoms with E-state index in [1.54, 1.807) is 0 Å². The molecule has 0 atom stereocenters. The number of benzene rings is 1. The van der Waals surface area contributed by atoms with Crippen molar-refractivity contribution in [3.63, 3.8) is 0 Å². The molecule has 0 aliphatic rings. The molecule has 76 valence electrons. The van der Waals surface area contributed by atoms with Gasteiger partial charge in [-0.05, 0) is 44.5 Å². The second kappa shape index (κ2) is 4.97. The molecule has 1 aromatic carbocycles. The third-order valence-corrected chi connectivity index (χ3v) is 2.43. The van der Waals surface area contributed by atoms with Gasteiger partial charge in [0.1, 0.15) is 0 Å². The van der Waals surface area contributed by atoms with E-state index in [-0.39, 0.29) is 0 Å². The van der Waals surface area contributed by atoms with Crippen LogP contribution in [0.2, 0.25) is 0 Å². The van der Waals surface area contributed by atoms with Gasteiger partial charge in [0.05, 0.1) is 0 Å². The van der Waals surface area contributed by atoms with Crippen molar-refractivity contribution < 1.29 is 0 Å². The molecule has 0 aliphatic carbocycles. The van der Waals surface area contributed by atoms with Gasteiger partial charge in [0, 0.05) is 6.54 Å². The van der Waals surface area contributed by atoms with E-state index in [1.165, 1.54) is 22.3 Å². The third-order valence-electron chi connectivity index (χ3n) is 2.43. The van der Waals surface area contributed by atoms with Crippen LogP contribution in [0.1, 0.15) is 23.6 Å². The first kappa shape index (κ1) is 11.0. The quantitative estimate of drug-likeness (QED) is 0.771. The van der Waals surface area contributed by atoms with E-state index in [2.05, 4.69) is 50.4 Å². The number of allylic oxidation sites excluding steroid dienone is 1. The fourth-order valence-corrected chi connectivity index (χ4v) is 1.53. The van der Waals surface area contributed by atoms with Crippen LogP contribution in [0.25, 0.3) is 5.57 Å². The fourth-order valence-electron chi connectivity index (χ4n) is 1.53. The number of hydrogen-bond donors (Lipinski definition) is 1. The third kappa shape index (κ3) is 2.71. The van der Waals surface area contributed by atoms with Crippen LogP contribution in [0.15, 0.2) is 24.3 Å². The standard InChI is InChI=1S/C13H19N/c1-10-5-6-11(2)13(9-10)12(3)7-8-14-4/h5-7,9,14H,8H2,1-4H3/b12-7-. The highest BCUT2D eigenvalue weighted by Gasteiger charge is 1.99. The molecular formula is C13H19N. The average molecular weight is 189 g/mol. The Balaban J connectivity index is 2.99. The fraction of sp³-hybridized carbons (Fsp3) is 0.385. The Morgan fingerprint density at radius 2 is 2.07 bits per heavy atom. The summed E-state index contributed by atoms with van der Waals surface area (Å²) in [6.45, 7) is 7.39. The summed E-state index contributed by atoms with van der Waals surface area (Å²) in [6, 6.07) is 6.59. The van der Waals surface area contributed by atoms with Crippen LogP contribution in [0.4, 0.5) is 0 Å². The molecular weight excluding hydrogens is 170 g/mol. The lowest BCUT2D eigenvalue weighted by Gasteiger charge is -2.07. The normalized spacial score (nSPS) is 11.9. The van der Waals surface area contributed by atoms with Crippen molar-refractivity contribution in [1.29, 1.82) is 0 Å². The number of hydrogen-bond acceptors (Lipinski definition) is 1. The molecule has 1 N–H and O–H groups in total. The Hall–Kier alpha value is -1.08. The Morgan fingerprint density at radius 3 is 2.71 bits per heavy atom. The Bertz CT molecular complexity index is 337. The highest BCUT2D eigenvalue weighted by atomic mass is 14.8. The molecule has 1 heteroatoms. The van der Waals surface area contributed by atoms with Crippen LogP contribution in [0, 0.1) is 13.8 Å². The van der Waals surface area contributed by atoms with Gasteiger partial charge >= 0.3 is 0 Å². The van der Waals surface area contributed by atoms with Gasteiger partial charge in [0.25, 0.3) is 0 Å². The second-order valence-electron chi connectivity index (χ2n) is 3.76. The van der Waals surface area contributed by atoms with E-state index in [4.69, 9.17) is 0 Å². The topological polar surface area (TPSA) is 12.0 Å². The molecule has 1 aromatic rings. The van der Waals surface area contributed by atoms with Crippen molar-refractivity contribution in [2.24, 2.45) is 0 Å². The lowest BCUT2D eigenvalue weighted by atomic mass is 9.99. The molecule has 0 aromatic heterocycles. The van der Waals surface area contributed by atoms with Gasteiger partial charge in [0.2, 0.25) is 0 Å². The maximum Gasteiger partial charge on any atom is 0.0137 e. The zero-order chi connectivity index (χ0) is 10.6. The van der Waals surface area contributed by atoms with Gasteiger partial charge in [-0.25, -0.2) is 0 Å². The van der Waals surface area contributed by atoms with Crippen LogP contribution in [0.3, 0.4) is 0 Å². The van der Waals surface area contributed by atoms with Gasteiger partial charge in [-0.15, -0.1) is 0 Å². The summed E-state index contributed by atoms with van der Waals surface area (Å²) < 4.78 is 0. The van der Waals surface area contributed by atoms with Gasteiger partial charge in [-0.1, -0.05) is 29.8 Å². The average Bonchev–Trinajstić information content (AvgIpc) is 2.18. The molecule has 0 heterocycles. The van der Waals surface area contributed by atoms with Gasteiger partial charge in [-0.2, -0.15) is 0 Å². The van der Waals surface area contributed by atoms with E-state index in [9.17, 15) is 0 Å². The summed E-state index contributed by atoms with van der Waals surface area (Å²) in [4.78, 5) is 0. The summed E-state index contributed by atoms with van der Waals surface area (Å²) >= 11 is 0. The maximum atomic E-state index is 3.13.